The fourth-order valence-corrected chi connectivity index (χ4v) is 6.32. The van der Waals surface area contributed by atoms with Crippen molar-refractivity contribution in [1.82, 2.24) is 9.88 Å². The maximum atomic E-state index is 13.6. The van der Waals surface area contributed by atoms with Gasteiger partial charge in [0, 0.05) is 57.7 Å². The molecule has 2 aliphatic heterocycles. The first kappa shape index (κ1) is 25.0. The number of fused-ring (bicyclic) bond motifs is 1. The molecule has 0 spiro atoms. The Morgan fingerprint density at radius 3 is 2.44 bits per heavy atom. The van der Waals surface area contributed by atoms with Gasteiger partial charge in [0.15, 0.2) is 0 Å². The second kappa shape index (κ2) is 8.72. The van der Waals surface area contributed by atoms with Crippen LogP contribution in [0.4, 0.5) is 26.0 Å². The molecule has 1 saturated heterocycles. The third kappa shape index (κ3) is 4.25. The number of anilines is 3. The molecular formula is C24H31F2N5O4S. The lowest BCUT2D eigenvalue weighted by molar-refractivity contribution is -0.139. The first-order valence-electron chi connectivity index (χ1n) is 11.9. The zero-order chi connectivity index (χ0) is 26.0. The molecule has 1 aromatic heterocycles. The highest BCUT2D eigenvalue weighted by Gasteiger charge is 2.59. The minimum Gasteiger partial charge on any atom is -0.384 e. The number of aliphatic hydroxyl groups excluding tert-OH is 1. The molecule has 3 heterocycles. The highest BCUT2D eigenvalue weighted by atomic mass is 32.3. The molecule has 0 radical (unpaired) electrons. The van der Waals surface area contributed by atoms with Gasteiger partial charge in [-0.05, 0) is 48.6 Å². The number of piperazine rings is 1. The Morgan fingerprint density at radius 1 is 1.17 bits per heavy atom. The first-order valence-corrected chi connectivity index (χ1v) is 13.4. The zero-order valence-corrected chi connectivity index (χ0v) is 21.3. The number of aromatic nitrogens is 1. The van der Waals surface area contributed by atoms with Gasteiger partial charge >= 0.3 is 0 Å². The molecule has 12 heteroatoms. The van der Waals surface area contributed by atoms with Gasteiger partial charge in [0.1, 0.15) is 11.9 Å². The summed E-state index contributed by atoms with van der Waals surface area (Å²) >= 11 is 0. The fourth-order valence-electron chi connectivity index (χ4n) is 4.82. The Labute approximate surface area is 210 Å². The highest BCUT2D eigenvalue weighted by Crippen LogP contribution is 2.63. The number of pyridine rings is 1. The molecular weight excluding hydrogens is 492 g/mol. The van der Waals surface area contributed by atoms with Crippen molar-refractivity contribution < 1.29 is 27.8 Å². The van der Waals surface area contributed by atoms with E-state index in [0.29, 0.717) is 37.6 Å². The fraction of sp³-hybridized carbons (Fsp3) is 0.500. The van der Waals surface area contributed by atoms with Crippen LogP contribution >= 0.6 is 11.0 Å². The molecule has 2 aromatic rings. The lowest BCUT2D eigenvalue weighted by Gasteiger charge is -2.42. The predicted octanol–water partition coefficient (Wildman–Crippen LogP) is 3.58. The summed E-state index contributed by atoms with van der Waals surface area (Å²) < 4.78 is 51.3. The van der Waals surface area contributed by atoms with Gasteiger partial charge in [-0.3, -0.25) is 22.5 Å². The number of hydrogen-bond donors (Lipinski definition) is 3. The van der Waals surface area contributed by atoms with Crippen molar-refractivity contribution in [3.05, 3.63) is 35.9 Å². The van der Waals surface area contributed by atoms with Gasteiger partial charge < -0.3 is 14.9 Å². The van der Waals surface area contributed by atoms with Crippen molar-refractivity contribution in [2.75, 3.05) is 53.3 Å². The van der Waals surface area contributed by atoms with E-state index < -0.39 is 28.9 Å². The van der Waals surface area contributed by atoms with Crippen molar-refractivity contribution in [1.29, 1.82) is 0 Å². The van der Waals surface area contributed by atoms with Crippen molar-refractivity contribution in [2.24, 2.45) is 5.92 Å². The SMILES string of the molecule is Cc1ccc(N2CCN(C(=O)[C@@H](C)O)CC2)nc1-c1ccc2c(c1)N(C)S(O)(O)N2CC1CC1(F)F. The van der Waals surface area contributed by atoms with Gasteiger partial charge in [0.2, 0.25) is 0 Å². The average Bonchev–Trinajstić information content (AvgIpc) is 3.41. The number of aryl methyl sites for hydroxylation is 1. The summed E-state index contributed by atoms with van der Waals surface area (Å²) in [5.74, 6) is -3.16. The number of carbonyl (C=O) groups excluding carboxylic acids is 1. The zero-order valence-electron chi connectivity index (χ0n) is 20.4. The molecule has 9 nitrogen and oxygen atoms in total. The molecule has 1 aliphatic carbocycles. The Balaban J connectivity index is 1.39. The van der Waals surface area contributed by atoms with Crippen LogP contribution in [-0.2, 0) is 4.79 Å². The maximum absolute atomic E-state index is 13.6. The minimum atomic E-state index is -3.43. The van der Waals surface area contributed by atoms with E-state index in [9.17, 15) is 27.8 Å². The molecule has 1 amide bonds. The lowest BCUT2D eigenvalue weighted by atomic mass is 10.0. The molecule has 3 N–H and O–H groups in total. The Bertz CT molecular complexity index is 1190. The number of halogens is 2. The molecule has 2 atom stereocenters. The number of carbonyl (C=O) groups is 1. The average molecular weight is 524 g/mol. The van der Waals surface area contributed by atoms with E-state index in [-0.39, 0.29) is 18.9 Å². The van der Waals surface area contributed by atoms with Crippen LogP contribution < -0.4 is 13.5 Å². The van der Waals surface area contributed by atoms with E-state index in [1.807, 2.05) is 31.2 Å². The number of benzene rings is 1. The van der Waals surface area contributed by atoms with Gasteiger partial charge in [0.25, 0.3) is 11.8 Å². The summed E-state index contributed by atoms with van der Waals surface area (Å²) in [7, 11) is -1.88. The minimum absolute atomic E-state index is 0.123. The Hall–Kier alpha value is -2.67. The largest absolute Gasteiger partial charge is 0.384 e. The van der Waals surface area contributed by atoms with Crippen LogP contribution in [0.5, 0.6) is 0 Å². The summed E-state index contributed by atoms with van der Waals surface area (Å²) in [6, 6.07) is 9.27. The number of amides is 1. The lowest BCUT2D eigenvalue weighted by Crippen LogP contribution is -2.51. The van der Waals surface area contributed by atoms with E-state index in [4.69, 9.17) is 4.98 Å². The van der Waals surface area contributed by atoms with Gasteiger partial charge in [-0.25, -0.2) is 13.8 Å². The molecule has 36 heavy (non-hydrogen) atoms. The van der Waals surface area contributed by atoms with Gasteiger partial charge in [-0.2, -0.15) is 0 Å². The topological polar surface area (TPSA) is 104 Å². The highest BCUT2D eigenvalue weighted by molar-refractivity contribution is 8.26. The van der Waals surface area contributed by atoms with Crippen LogP contribution in [0.1, 0.15) is 18.9 Å². The third-order valence-electron chi connectivity index (χ3n) is 7.22. The van der Waals surface area contributed by atoms with Crippen molar-refractivity contribution in [3.8, 4) is 11.3 Å². The monoisotopic (exact) mass is 523 g/mol. The van der Waals surface area contributed by atoms with Crippen LogP contribution in [0, 0.1) is 12.8 Å². The number of nitrogens with zero attached hydrogens (tertiary/aromatic N) is 5. The molecule has 0 bridgehead atoms. The van der Waals surface area contributed by atoms with E-state index in [0.717, 1.165) is 22.6 Å². The Kier molecular flexibility index (Phi) is 6.05. The van der Waals surface area contributed by atoms with E-state index in [1.54, 1.807) is 18.0 Å². The molecule has 1 aromatic carbocycles. The maximum Gasteiger partial charge on any atom is 0.253 e. The Morgan fingerprint density at radius 2 is 1.83 bits per heavy atom. The van der Waals surface area contributed by atoms with Crippen LogP contribution in [-0.4, -0.2) is 81.8 Å². The molecule has 3 aliphatic rings. The molecule has 2 fully saturated rings. The second-order valence-electron chi connectivity index (χ2n) is 9.74. The third-order valence-corrected chi connectivity index (χ3v) is 9.09. The van der Waals surface area contributed by atoms with Gasteiger partial charge in [-0.15, -0.1) is 0 Å². The number of aliphatic hydroxyl groups is 1. The summed E-state index contributed by atoms with van der Waals surface area (Å²) in [4.78, 5) is 20.7. The van der Waals surface area contributed by atoms with Crippen LogP contribution in [0.25, 0.3) is 11.3 Å². The molecule has 1 unspecified atom stereocenters. The molecule has 5 rings (SSSR count). The first-order chi connectivity index (χ1) is 16.9. The molecule has 1 saturated carbocycles. The van der Waals surface area contributed by atoms with Crippen molar-refractivity contribution >= 4 is 34.1 Å². The summed E-state index contributed by atoms with van der Waals surface area (Å²) in [5.41, 5.74) is 3.50. The normalized spacial score (nSPS) is 23.9. The second-order valence-corrected chi connectivity index (χ2v) is 11.7. The smallest absolute Gasteiger partial charge is 0.253 e. The van der Waals surface area contributed by atoms with Crippen LogP contribution in [0.3, 0.4) is 0 Å². The predicted molar refractivity (Wildman–Crippen MR) is 137 cm³/mol. The number of rotatable bonds is 5. The van der Waals surface area contributed by atoms with Crippen LogP contribution in [0.15, 0.2) is 30.3 Å². The van der Waals surface area contributed by atoms with E-state index >= 15 is 0 Å². The van der Waals surface area contributed by atoms with Crippen LogP contribution in [0.2, 0.25) is 0 Å². The molecule has 196 valence electrons. The summed E-state index contributed by atoms with van der Waals surface area (Å²) in [5, 5.41) is 9.57. The van der Waals surface area contributed by atoms with Crippen molar-refractivity contribution in [3.63, 3.8) is 0 Å². The van der Waals surface area contributed by atoms with E-state index in [1.165, 1.54) is 15.5 Å². The van der Waals surface area contributed by atoms with Gasteiger partial charge in [-0.1, -0.05) is 12.1 Å². The quantitative estimate of drug-likeness (QED) is 0.547. The van der Waals surface area contributed by atoms with E-state index in [2.05, 4.69) is 4.90 Å². The number of alkyl halides is 2. The summed E-state index contributed by atoms with van der Waals surface area (Å²) in [6.07, 6.45) is -1.26. The van der Waals surface area contributed by atoms with Gasteiger partial charge in [0.05, 0.1) is 17.1 Å². The van der Waals surface area contributed by atoms with Crippen molar-refractivity contribution in [2.45, 2.75) is 32.3 Å². The number of hydrogen-bond acceptors (Lipinski definition) is 8. The summed E-state index contributed by atoms with van der Waals surface area (Å²) in [6.45, 7) is 5.44. The standard InChI is InChI=1S/C24H31F2N5O4S/c1-15-4-7-21(29-8-10-30(11-9-29)23(33)16(2)32)27-22(15)17-5-6-19-20(12-17)28(3)36(34,35)31(19)14-18-13-24(18,25)26/h4-7,12,16,18,32,34-35H,8-11,13-14H2,1-3H3/t16-,18?/m1/s1.